The minimum atomic E-state index is -0.755. The van der Waals surface area contributed by atoms with Crippen molar-refractivity contribution in [2.75, 3.05) is 0 Å². The van der Waals surface area contributed by atoms with Gasteiger partial charge >= 0.3 is 11.9 Å². The summed E-state index contributed by atoms with van der Waals surface area (Å²) < 4.78 is 0. The lowest BCUT2D eigenvalue weighted by atomic mass is 9.96. The van der Waals surface area contributed by atoms with E-state index in [0.717, 1.165) is 38.5 Å². The third-order valence-electron chi connectivity index (χ3n) is 2.68. The van der Waals surface area contributed by atoms with E-state index in [4.69, 9.17) is 10.2 Å². The molecule has 16 heavy (non-hydrogen) atoms. The number of aliphatic carboxylic acids is 2. The fraction of sp³-hybridized carbons (Fsp3) is 0.833. The molecule has 0 saturated carbocycles. The largest absolute Gasteiger partial charge is 0.481 e. The van der Waals surface area contributed by atoms with Gasteiger partial charge in [-0.1, -0.05) is 32.6 Å². The van der Waals surface area contributed by atoms with E-state index in [2.05, 4.69) is 0 Å². The Bertz CT molecular complexity index is 213. The highest BCUT2D eigenvalue weighted by Crippen LogP contribution is 2.16. The van der Waals surface area contributed by atoms with E-state index in [1.165, 1.54) is 0 Å². The molecule has 0 radical (unpaired) electrons. The van der Waals surface area contributed by atoms with Crippen molar-refractivity contribution >= 4 is 11.9 Å². The molecule has 4 nitrogen and oxygen atoms in total. The average Bonchev–Trinajstić information content (AvgIpc) is 2.20. The van der Waals surface area contributed by atoms with Crippen molar-refractivity contribution in [1.29, 1.82) is 0 Å². The van der Waals surface area contributed by atoms with Crippen LogP contribution in [0.1, 0.15) is 58.3 Å². The van der Waals surface area contributed by atoms with E-state index >= 15 is 0 Å². The monoisotopic (exact) mass is 230 g/mol. The van der Waals surface area contributed by atoms with Crippen LogP contribution in [0.25, 0.3) is 0 Å². The van der Waals surface area contributed by atoms with Crippen LogP contribution in [0.4, 0.5) is 0 Å². The molecule has 4 heteroatoms. The first kappa shape index (κ1) is 14.9. The van der Waals surface area contributed by atoms with Gasteiger partial charge in [-0.15, -0.1) is 0 Å². The molecular weight excluding hydrogens is 208 g/mol. The predicted octanol–water partition coefficient (Wildman–Crippen LogP) is 2.91. The van der Waals surface area contributed by atoms with Crippen LogP contribution in [-0.4, -0.2) is 22.2 Å². The van der Waals surface area contributed by atoms with Crippen LogP contribution in [0, 0.1) is 5.92 Å². The number of carboxylic acid groups (broad SMARTS) is 2. The van der Waals surface area contributed by atoms with Crippen molar-refractivity contribution < 1.29 is 19.8 Å². The van der Waals surface area contributed by atoms with Gasteiger partial charge in [0, 0.05) is 6.42 Å². The second kappa shape index (κ2) is 9.19. The summed E-state index contributed by atoms with van der Waals surface area (Å²) in [6.07, 6.45) is 5.97. The van der Waals surface area contributed by atoms with E-state index in [-0.39, 0.29) is 12.3 Å². The molecule has 0 saturated heterocycles. The molecule has 2 N–H and O–H groups in total. The number of rotatable bonds is 10. The van der Waals surface area contributed by atoms with Crippen molar-refractivity contribution in [3.05, 3.63) is 0 Å². The highest BCUT2D eigenvalue weighted by Gasteiger charge is 2.15. The average molecular weight is 230 g/mol. The first-order valence-electron chi connectivity index (χ1n) is 6.02. The molecule has 94 valence electrons. The van der Waals surface area contributed by atoms with Crippen LogP contribution in [0.15, 0.2) is 0 Å². The summed E-state index contributed by atoms with van der Waals surface area (Å²) in [6, 6.07) is 0. The van der Waals surface area contributed by atoms with Crippen LogP contribution in [-0.2, 0) is 9.59 Å². The molecule has 0 aromatic carbocycles. The summed E-state index contributed by atoms with van der Waals surface area (Å²) in [5, 5.41) is 17.3. The lowest BCUT2D eigenvalue weighted by molar-refractivity contribution is -0.142. The molecule has 0 spiro atoms. The molecule has 0 aromatic rings. The predicted molar refractivity (Wildman–Crippen MR) is 61.4 cm³/mol. The van der Waals surface area contributed by atoms with Crippen LogP contribution in [0.5, 0.6) is 0 Å². The Morgan fingerprint density at radius 2 is 1.62 bits per heavy atom. The Morgan fingerprint density at radius 3 is 2.12 bits per heavy atom. The summed E-state index contributed by atoms with van der Waals surface area (Å²) in [5.41, 5.74) is 0. The molecule has 0 heterocycles. The van der Waals surface area contributed by atoms with Crippen LogP contribution < -0.4 is 0 Å². The first-order valence-corrected chi connectivity index (χ1v) is 6.02. The van der Waals surface area contributed by atoms with Crippen molar-refractivity contribution in [3.63, 3.8) is 0 Å². The molecule has 0 aliphatic rings. The van der Waals surface area contributed by atoms with Gasteiger partial charge in [0.1, 0.15) is 0 Å². The second-order valence-electron chi connectivity index (χ2n) is 4.17. The normalized spacial score (nSPS) is 12.3. The molecule has 0 aromatic heterocycles. The highest BCUT2D eigenvalue weighted by molar-refractivity contribution is 5.69. The third kappa shape index (κ3) is 8.26. The summed E-state index contributed by atoms with van der Waals surface area (Å²) >= 11 is 0. The number of unbranched alkanes of at least 4 members (excludes halogenated alkanes) is 3. The van der Waals surface area contributed by atoms with E-state index in [0.29, 0.717) is 6.42 Å². The van der Waals surface area contributed by atoms with E-state index < -0.39 is 11.9 Å². The lowest BCUT2D eigenvalue weighted by Gasteiger charge is -2.10. The zero-order valence-corrected chi connectivity index (χ0v) is 9.95. The summed E-state index contributed by atoms with van der Waals surface area (Å²) in [4.78, 5) is 21.1. The van der Waals surface area contributed by atoms with Crippen molar-refractivity contribution in [2.45, 2.75) is 58.3 Å². The summed E-state index contributed by atoms with van der Waals surface area (Å²) in [5.74, 6) is -1.67. The Hall–Kier alpha value is -1.06. The molecular formula is C12H22O4. The Morgan fingerprint density at radius 1 is 1.00 bits per heavy atom. The van der Waals surface area contributed by atoms with Gasteiger partial charge in [0.25, 0.3) is 0 Å². The van der Waals surface area contributed by atoms with E-state index in [1.54, 1.807) is 0 Å². The second-order valence-corrected chi connectivity index (χ2v) is 4.17. The minimum absolute atomic E-state index is 0.218. The maximum atomic E-state index is 10.8. The topological polar surface area (TPSA) is 74.6 Å². The Balaban J connectivity index is 3.47. The van der Waals surface area contributed by atoms with E-state index in [9.17, 15) is 9.59 Å². The maximum absolute atomic E-state index is 10.8. The number of carbonyl (C=O) groups is 2. The fourth-order valence-corrected chi connectivity index (χ4v) is 1.76. The Labute approximate surface area is 96.7 Å². The van der Waals surface area contributed by atoms with Gasteiger partial charge in [-0.2, -0.15) is 0 Å². The number of carboxylic acids is 2. The minimum Gasteiger partial charge on any atom is -0.481 e. The molecule has 1 unspecified atom stereocenters. The fourth-order valence-electron chi connectivity index (χ4n) is 1.76. The van der Waals surface area contributed by atoms with E-state index in [1.807, 2.05) is 6.92 Å². The number of hydrogen-bond donors (Lipinski definition) is 2. The Kier molecular flexibility index (Phi) is 8.58. The highest BCUT2D eigenvalue weighted by atomic mass is 16.4. The van der Waals surface area contributed by atoms with Crippen LogP contribution >= 0.6 is 0 Å². The zero-order valence-electron chi connectivity index (χ0n) is 9.95. The first-order chi connectivity index (χ1) is 7.57. The lowest BCUT2D eigenvalue weighted by Crippen LogP contribution is -2.13. The molecule has 0 bridgehead atoms. The van der Waals surface area contributed by atoms with Gasteiger partial charge in [-0.3, -0.25) is 9.59 Å². The molecule has 0 amide bonds. The summed E-state index contributed by atoms with van der Waals surface area (Å²) in [7, 11) is 0. The van der Waals surface area contributed by atoms with Crippen LogP contribution in [0.3, 0.4) is 0 Å². The molecule has 0 rings (SSSR count). The summed E-state index contributed by atoms with van der Waals surface area (Å²) in [6.45, 7) is 1.99. The zero-order chi connectivity index (χ0) is 12.4. The van der Waals surface area contributed by atoms with Gasteiger partial charge in [-0.05, 0) is 19.3 Å². The van der Waals surface area contributed by atoms with Gasteiger partial charge < -0.3 is 10.2 Å². The number of hydrogen-bond acceptors (Lipinski definition) is 2. The van der Waals surface area contributed by atoms with Crippen molar-refractivity contribution in [3.8, 4) is 0 Å². The third-order valence-corrected chi connectivity index (χ3v) is 2.68. The van der Waals surface area contributed by atoms with Crippen molar-refractivity contribution in [2.24, 2.45) is 5.92 Å². The SMILES string of the molecule is CCCC(CCCCCCC(=O)O)C(=O)O. The molecule has 0 fully saturated rings. The molecule has 0 aliphatic heterocycles. The van der Waals surface area contributed by atoms with Crippen molar-refractivity contribution in [1.82, 2.24) is 0 Å². The molecule has 0 aliphatic carbocycles. The van der Waals surface area contributed by atoms with Gasteiger partial charge in [0.05, 0.1) is 5.92 Å². The quantitative estimate of drug-likeness (QED) is 0.566. The standard InChI is InChI=1S/C12H22O4/c1-2-7-10(12(15)16)8-5-3-4-6-9-11(13)14/h10H,2-9H2,1H3,(H,13,14)(H,15,16). The molecule has 1 atom stereocenters. The van der Waals surface area contributed by atoms with Gasteiger partial charge in [0.15, 0.2) is 0 Å². The van der Waals surface area contributed by atoms with Gasteiger partial charge in [0.2, 0.25) is 0 Å². The van der Waals surface area contributed by atoms with Gasteiger partial charge in [-0.25, -0.2) is 0 Å². The smallest absolute Gasteiger partial charge is 0.306 e. The van der Waals surface area contributed by atoms with Crippen LogP contribution in [0.2, 0.25) is 0 Å². The maximum Gasteiger partial charge on any atom is 0.306 e.